The summed E-state index contributed by atoms with van der Waals surface area (Å²) in [4.78, 5) is 23.3. The summed E-state index contributed by atoms with van der Waals surface area (Å²) in [6.45, 7) is 13.5. The Morgan fingerprint density at radius 3 is 2.65 bits per heavy atom. The number of carbonyl (C=O) groups excluding carboxylic acids is 2. The highest BCUT2D eigenvalue weighted by molar-refractivity contribution is 5.87. The van der Waals surface area contributed by atoms with E-state index in [1.807, 2.05) is 6.92 Å². The number of esters is 1. The second-order valence-corrected chi connectivity index (χ2v) is 10.7. The molecule has 3 aliphatic heterocycles. The quantitative estimate of drug-likeness (QED) is 0.233. The van der Waals surface area contributed by atoms with E-state index in [0.717, 1.165) is 45.3 Å². The van der Waals surface area contributed by atoms with Crippen molar-refractivity contribution in [2.45, 2.75) is 110 Å². The first kappa shape index (κ1) is 26.9. The number of epoxide rings is 1. The van der Waals surface area contributed by atoms with Crippen molar-refractivity contribution in [2.24, 2.45) is 11.8 Å². The van der Waals surface area contributed by atoms with Crippen molar-refractivity contribution in [1.29, 1.82) is 0 Å². The summed E-state index contributed by atoms with van der Waals surface area (Å²) in [6.07, 6.45) is 10.1. The molecule has 0 aromatic rings. The molecule has 0 aromatic carbocycles. The van der Waals surface area contributed by atoms with Crippen LogP contribution in [-0.2, 0) is 28.5 Å². The Bertz CT molecular complexity index is 773. The summed E-state index contributed by atoms with van der Waals surface area (Å²) in [7, 11) is 0. The second kappa shape index (κ2) is 11.8. The number of ether oxygens (including phenoxy) is 4. The Balaban J connectivity index is 1.42. The lowest BCUT2D eigenvalue weighted by Gasteiger charge is -2.39. The van der Waals surface area contributed by atoms with Gasteiger partial charge in [-0.15, -0.1) is 0 Å². The first-order chi connectivity index (χ1) is 16.1. The van der Waals surface area contributed by atoms with Crippen molar-refractivity contribution in [3.05, 3.63) is 23.8 Å². The number of hydrogen-bond donors (Lipinski definition) is 1. The lowest BCUT2D eigenvalue weighted by Crippen LogP contribution is -2.50. The molecule has 7 nitrogen and oxygen atoms in total. The summed E-state index contributed by atoms with van der Waals surface area (Å²) >= 11 is 0. The zero-order chi connectivity index (χ0) is 24.9. The van der Waals surface area contributed by atoms with Gasteiger partial charge in [0.05, 0.1) is 36.6 Å². The van der Waals surface area contributed by atoms with Crippen LogP contribution in [0, 0.1) is 11.8 Å². The van der Waals surface area contributed by atoms with E-state index in [-0.39, 0.29) is 41.8 Å². The summed E-state index contributed by atoms with van der Waals surface area (Å²) < 4.78 is 23.0. The number of allylic oxidation sites excluding steroid dienone is 1. The number of nitrogens with one attached hydrogen (secondary N) is 1. The van der Waals surface area contributed by atoms with Gasteiger partial charge < -0.3 is 24.3 Å². The van der Waals surface area contributed by atoms with Crippen LogP contribution in [0.15, 0.2) is 23.8 Å². The highest BCUT2D eigenvalue weighted by Crippen LogP contribution is 2.42. The fourth-order valence-corrected chi connectivity index (χ4v) is 5.16. The van der Waals surface area contributed by atoms with Crippen molar-refractivity contribution in [3.63, 3.8) is 0 Å². The molecule has 0 radical (unpaired) electrons. The SMILES string of the molecule is CC(=O)O[C@@H](C)/C=C\C(=O)N[C@@H]1C[C@H](C)[C@H](C/C=C(\C)CC(C)[C@@H]2C[C@@]3(CCO2)CO3)O[C@@H]1C. The van der Waals surface area contributed by atoms with Gasteiger partial charge in [-0.1, -0.05) is 25.5 Å². The fourth-order valence-electron chi connectivity index (χ4n) is 5.16. The van der Waals surface area contributed by atoms with E-state index in [2.05, 4.69) is 32.2 Å². The zero-order valence-electron chi connectivity index (χ0n) is 21.7. The van der Waals surface area contributed by atoms with Crippen molar-refractivity contribution in [2.75, 3.05) is 13.2 Å². The van der Waals surface area contributed by atoms with Crippen molar-refractivity contribution in [1.82, 2.24) is 5.32 Å². The molecule has 192 valence electrons. The first-order valence-corrected chi connectivity index (χ1v) is 12.8. The lowest BCUT2D eigenvalue weighted by molar-refractivity contribution is -0.143. The first-order valence-electron chi connectivity index (χ1n) is 12.8. The largest absolute Gasteiger partial charge is 0.459 e. The molecule has 3 fully saturated rings. The molecule has 1 amide bonds. The van der Waals surface area contributed by atoms with Gasteiger partial charge in [-0.3, -0.25) is 9.59 Å². The van der Waals surface area contributed by atoms with E-state index < -0.39 is 6.10 Å². The molecule has 0 aliphatic carbocycles. The molecule has 1 N–H and O–H groups in total. The van der Waals surface area contributed by atoms with Crippen LogP contribution in [0.2, 0.25) is 0 Å². The van der Waals surface area contributed by atoms with Gasteiger partial charge in [0.2, 0.25) is 5.91 Å². The monoisotopic (exact) mass is 477 g/mol. The molecule has 0 aromatic heterocycles. The average Bonchev–Trinajstić information content (AvgIpc) is 3.51. The molecule has 3 rings (SSSR count). The minimum absolute atomic E-state index is 0.0436. The van der Waals surface area contributed by atoms with Crippen molar-refractivity contribution in [3.8, 4) is 0 Å². The van der Waals surface area contributed by atoms with Crippen molar-refractivity contribution >= 4 is 11.9 Å². The molecule has 0 saturated carbocycles. The van der Waals surface area contributed by atoms with E-state index >= 15 is 0 Å². The Hall–Kier alpha value is -1.70. The predicted molar refractivity (Wildman–Crippen MR) is 130 cm³/mol. The Labute approximate surface area is 204 Å². The van der Waals surface area contributed by atoms with Crippen LogP contribution in [0.3, 0.4) is 0 Å². The van der Waals surface area contributed by atoms with Crippen LogP contribution in [0.5, 0.6) is 0 Å². The molecular formula is C27H43NO6. The third-order valence-electron chi connectivity index (χ3n) is 7.41. The van der Waals surface area contributed by atoms with Crippen LogP contribution in [-0.4, -0.2) is 61.1 Å². The van der Waals surface area contributed by atoms with Gasteiger partial charge in [0.15, 0.2) is 0 Å². The van der Waals surface area contributed by atoms with E-state index in [1.54, 1.807) is 13.0 Å². The van der Waals surface area contributed by atoms with Gasteiger partial charge in [0, 0.05) is 32.4 Å². The molecule has 3 saturated heterocycles. The maximum atomic E-state index is 12.3. The van der Waals surface area contributed by atoms with Gasteiger partial charge in [-0.25, -0.2) is 0 Å². The molecular weight excluding hydrogens is 434 g/mol. The average molecular weight is 478 g/mol. The third kappa shape index (κ3) is 7.92. The molecule has 8 atom stereocenters. The van der Waals surface area contributed by atoms with Crippen LogP contribution in [0.4, 0.5) is 0 Å². The molecule has 34 heavy (non-hydrogen) atoms. The molecule has 3 heterocycles. The molecule has 3 aliphatic rings. The fraction of sp³-hybridized carbons (Fsp3) is 0.778. The Morgan fingerprint density at radius 2 is 1.97 bits per heavy atom. The Morgan fingerprint density at radius 1 is 1.24 bits per heavy atom. The van der Waals surface area contributed by atoms with Gasteiger partial charge in [-0.2, -0.15) is 0 Å². The Kier molecular flexibility index (Phi) is 9.35. The van der Waals surface area contributed by atoms with Crippen LogP contribution in [0.25, 0.3) is 0 Å². The topological polar surface area (TPSA) is 86.4 Å². The lowest BCUT2D eigenvalue weighted by atomic mass is 9.85. The van der Waals surface area contributed by atoms with Crippen LogP contribution < -0.4 is 5.32 Å². The maximum Gasteiger partial charge on any atom is 0.303 e. The summed E-state index contributed by atoms with van der Waals surface area (Å²) in [5, 5.41) is 3.04. The number of rotatable bonds is 9. The van der Waals surface area contributed by atoms with Gasteiger partial charge in [0.1, 0.15) is 6.10 Å². The number of amides is 1. The zero-order valence-corrected chi connectivity index (χ0v) is 21.7. The molecule has 0 bridgehead atoms. The number of carbonyl (C=O) groups is 2. The summed E-state index contributed by atoms with van der Waals surface area (Å²) in [5.41, 5.74) is 1.50. The van der Waals surface area contributed by atoms with Crippen LogP contribution in [0.1, 0.15) is 73.6 Å². The maximum absolute atomic E-state index is 12.3. The van der Waals surface area contributed by atoms with E-state index in [0.29, 0.717) is 11.8 Å². The van der Waals surface area contributed by atoms with E-state index in [1.165, 1.54) is 18.6 Å². The smallest absolute Gasteiger partial charge is 0.303 e. The highest BCUT2D eigenvalue weighted by atomic mass is 16.6. The molecule has 1 spiro atoms. The third-order valence-corrected chi connectivity index (χ3v) is 7.41. The van der Waals surface area contributed by atoms with Crippen molar-refractivity contribution < 1.29 is 28.5 Å². The normalized spacial score (nSPS) is 35.7. The van der Waals surface area contributed by atoms with Gasteiger partial charge in [-0.05, 0) is 57.9 Å². The second-order valence-electron chi connectivity index (χ2n) is 10.7. The highest BCUT2D eigenvalue weighted by Gasteiger charge is 2.49. The van der Waals surface area contributed by atoms with E-state index in [4.69, 9.17) is 18.9 Å². The predicted octanol–water partition coefficient (Wildman–Crippen LogP) is 4.10. The summed E-state index contributed by atoms with van der Waals surface area (Å²) in [5.74, 6) is 0.241. The van der Waals surface area contributed by atoms with E-state index in [9.17, 15) is 9.59 Å². The standard InChI is InChI=1S/C27H43NO6/c1-17(13-18(2)25-15-27(16-32-27)11-12-31-25)7-9-24-19(3)14-23(21(5)34-24)28-26(30)10-8-20(4)33-22(6)29/h7-8,10,18-21,23-25H,9,11-16H2,1-6H3,(H,28,30)/b10-8-,17-7+/t18?,19-,20-,21+,23+,24-,25-,27-/m0/s1. The van der Waals surface area contributed by atoms with Gasteiger partial charge >= 0.3 is 5.97 Å². The minimum Gasteiger partial charge on any atom is -0.459 e. The molecule has 7 heteroatoms. The molecule has 1 unspecified atom stereocenters. The minimum atomic E-state index is -0.433. The summed E-state index contributed by atoms with van der Waals surface area (Å²) in [6, 6.07) is -0.0436. The van der Waals surface area contributed by atoms with Crippen LogP contribution >= 0.6 is 0 Å². The number of hydrogen-bond acceptors (Lipinski definition) is 6. The van der Waals surface area contributed by atoms with Gasteiger partial charge in [0.25, 0.3) is 0 Å².